The van der Waals surface area contributed by atoms with Crippen LogP contribution in [0, 0.1) is 32.5 Å². The standard InChI is InChI=1S/C26H36ClFN4O2/c1-14-21(25(33)29-13-22-15(2)24(28)17(4)31-26(22)34)11-19(27)12-23(14)30-16(3)18-7-9-20(10-8-18)32(5)6/h11-12,16,18,20,30H,7-10,13H2,1-6H3,(H,29,33)(H,31,34). The molecule has 0 aliphatic heterocycles. The summed E-state index contributed by atoms with van der Waals surface area (Å²) >= 11 is 6.36. The minimum absolute atomic E-state index is 0.0720. The first kappa shape index (κ1) is 26.2. The van der Waals surface area contributed by atoms with Gasteiger partial charge in [-0.2, -0.15) is 0 Å². The van der Waals surface area contributed by atoms with Crippen LogP contribution >= 0.6 is 11.6 Å². The molecule has 2 aromatic rings. The van der Waals surface area contributed by atoms with E-state index in [-0.39, 0.29) is 35.3 Å². The van der Waals surface area contributed by atoms with Crippen molar-refractivity contribution in [3.63, 3.8) is 0 Å². The van der Waals surface area contributed by atoms with Gasteiger partial charge in [0.05, 0.1) is 5.69 Å². The Morgan fingerprint density at radius 1 is 1.18 bits per heavy atom. The number of H-pyrrole nitrogens is 1. The topological polar surface area (TPSA) is 77.2 Å². The summed E-state index contributed by atoms with van der Waals surface area (Å²) in [6, 6.07) is 4.36. The number of amides is 1. The van der Waals surface area contributed by atoms with Crippen LogP contribution in [-0.2, 0) is 6.54 Å². The quantitative estimate of drug-likeness (QED) is 0.513. The largest absolute Gasteiger partial charge is 0.382 e. The van der Waals surface area contributed by atoms with Gasteiger partial charge in [-0.3, -0.25) is 9.59 Å². The number of carbonyl (C=O) groups excluding carboxylic acids is 1. The summed E-state index contributed by atoms with van der Waals surface area (Å²) in [5, 5.41) is 6.79. The van der Waals surface area contributed by atoms with E-state index >= 15 is 0 Å². The molecule has 3 rings (SSSR count). The van der Waals surface area contributed by atoms with Crippen LogP contribution in [0.1, 0.15) is 65.3 Å². The number of hydrogen-bond acceptors (Lipinski definition) is 4. The third-order valence-electron chi connectivity index (χ3n) is 7.29. The molecule has 1 aliphatic carbocycles. The highest BCUT2D eigenvalue weighted by molar-refractivity contribution is 6.31. The lowest BCUT2D eigenvalue weighted by Gasteiger charge is -2.36. The van der Waals surface area contributed by atoms with Crippen LogP contribution in [-0.4, -0.2) is 42.0 Å². The lowest BCUT2D eigenvalue weighted by Crippen LogP contribution is -2.36. The van der Waals surface area contributed by atoms with Gasteiger partial charge in [0.25, 0.3) is 11.5 Å². The number of aryl methyl sites for hydroxylation is 1. The van der Waals surface area contributed by atoms with Crippen molar-refractivity contribution >= 4 is 23.2 Å². The Labute approximate surface area is 206 Å². The summed E-state index contributed by atoms with van der Waals surface area (Å²) in [5.41, 5.74) is 2.27. The summed E-state index contributed by atoms with van der Waals surface area (Å²) in [6.07, 6.45) is 4.68. The van der Waals surface area contributed by atoms with Crippen LogP contribution in [0.25, 0.3) is 0 Å². The fraction of sp³-hybridized carbons (Fsp3) is 0.538. The molecule has 1 amide bonds. The normalized spacial score (nSPS) is 19.2. The number of rotatable bonds is 7. The first-order chi connectivity index (χ1) is 16.0. The van der Waals surface area contributed by atoms with Gasteiger partial charge in [0.1, 0.15) is 5.82 Å². The second-order valence-electron chi connectivity index (χ2n) is 9.77. The molecule has 34 heavy (non-hydrogen) atoms. The van der Waals surface area contributed by atoms with Gasteiger partial charge in [0.2, 0.25) is 0 Å². The zero-order valence-electron chi connectivity index (χ0n) is 20.9. The molecular weight excluding hydrogens is 455 g/mol. The summed E-state index contributed by atoms with van der Waals surface area (Å²) in [7, 11) is 4.28. The Bertz CT molecular complexity index is 1110. The molecule has 8 heteroatoms. The monoisotopic (exact) mass is 490 g/mol. The molecule has 0 spiro atoms. The highest BCUT2D eigenvalue weighted by Crippen LogP contribution is 2.32. The van der Waals surface area contributed by atoms with Gasteiger partial charge in [-0.15, -0.1) is 0 Å². The van der Waals surface area contributed by atoms with Crippen LogP contribution in [0.2, 0.25) is 5.02 Å². The molecular formula is C26H36ClFN4O2. The minimum Gasteiger partial charge on any atom is -0.382 e. The Kier molecular flexibility index (Phi) is 8.42. The Balaban J connectivity index is 1.72. The van der Waals surface area contributed by atoms with E-state index < -0.39 is 11.4 Å². The third kappa shape index (κ3) is 5.81. The maximum atomic E-state index is 14.2. The Morgan fingerprint density at radius 2 is 1.82 bits per heavy atom. The van der Waals surface area contributed by atoms with Gasteiger partial charge < -0.3 is 20.5 Å². The van der Waals surface area contributed by atoms with E-state index in [0.717, 1.165) is 24.1 Å². The van der Waals surface area contributed by atoms with Crippen LogP contribution in [0.4, 0.5) is 10.1 Å². The number of carbonyl (C=O) groups is 1. The molecule has 186 valence electrons. The fourth-order valence-electron chi connectivity index (χ4n) is 4.91. The van der Waals surface area contributed by atoms with Gasteiger partial charge in [0.15, 0.2) is 0 Å². The lowest BCUT2D eigenvalue weighted by atomic mass is 9.81. The van der Waals surface area contributed by atoms with Crippen LogP contribution < -0.4 is 16.2 Å². The van der Waals surface area contributed by atoms with Crippen LogP contribution in [0.15, 0.2) is 16.9 Å². The number of halogens is 2. The number of aromatic amines is 1. The van der Waals surface area contributed by atoms with Gasteiger partial charge in [-0.05, 0) is 96.7 Å². The summed E-state index contributed by atoms with van der Waals surface area (Å²) < 4.78 is 14.2. The molecule has 0 bridgehead atoms. The number of anilines is 1. The first-order valence-electron chi connectivity index (χ1n) is 11.9. The molecule has 3 N–H and O–H groups in total. The van der Waals surface area contributed by atoms with Gasteiger partial charge in [-0.25, -0.2) is 4.39 Å². The molecule has 0 radical (unpaired) electrons. The summed E-state index contributed by atoms with van der Waals surface area (Å²) in [4.78, 5) is 30.0. The number of nitrogens with zero attached hydrogens (tertiary/aromatic N) is 1. The van der Waals surface area contributed by atoms with E-state index in [1.165, 1.54) is 19.8 Å². The molecule has 1 aromatic heterocycles. The van der Waals surface area contributed by atoms with Gasteiger partial charge in [-0.1, -0.05) is 11.6 Å². The Morgan fingerprint density at radius 3 is 2.44 bits per heavy atom. The highest BCUT2D eigenvalue weighted by atomic mass is 35.5. The second kappa shape index (κ2) is 10.9. The second-order valence-corrected chi connectivity index (χ2v) is 10.2. The van der Waals surface area contributed by atoms with E-state index in [1.807, 2.05) is 13.0 Å². The number of aromatic nitrogens is 1. The van der Waals surface area contributed by atoms with Gasteiger partial charge >= 0.3 is 0 Å². The molecule has 1 aliphatic rings. The van der Waals surface area contributed by atoms with Crippen molar-refractivity contribution in [2.45, 2.75) is 72.0 Å². The zero-order chi connectivity index (χ0) is 25.2. The van der Waals surface area contributed by atoms with Crippen molar-refractivity contribution in [2.75, 3.05) is 19.4 Å². The number of hydrogen-bond donors (Lipinski definition) is 3. The smallest absolute Gasteiger partial charge is 0.253 e. The Hall–Kier alpha value is -2.38. The van der Waals surface area contributed by atoms with E-state index in [0.29, 0.717) is 22.5 Å². The third-order valence-corrected chi connectivity index (χ3v) is 7.51. The average Bonchev–Trinajstić information content (AvgIpc) is 2.79. The highest BCUT2D eigenvalue weighted by Gasteiger charge is 2.27. The maximum absolute atomic E-state index is 14.2. The number of benzene rings is 1. The molecule has 6 nitrogen and oxygen atoms in total. The molecule has 1 heterocycles. The van der Waals surface area contributed by atoms with Crippen molar-refractivity contribution in [3.8, 4) is 0 Å². The zero-order valence-corrected chi connectivity index (χ0v) is 21.7. The van der Waals surface area contributed by atoms with Crippen LogP contribution in [0.3, 0.4) is 0 Å². The number of pyridine rings is 1. The fourth-order valence-corrected chi connectivity index (χ4v) is 5.13. The van der Waals surface area contributed by atoms with Gasteiger partial charge in [0, 0.05) is 40.5 Å². The van der Waals surface area contributed by atoms with E-state index in [4.69, 9.17) is 11.6 Å². The predicted octanol–water partition coefficient (Wildman–Crippen LogP) is 4.94. The van der Waals surface area contributed by atoms with Crippen LogP contribution in [0.5, 0.6) is 0 Å². The molecule has 1 saturated carbocycles. The number of nitrogens with one attached hydrogen (secondary N) is 3. The van der Waals surface area contributed by atoms with Crippen molar-refractivity contribution < 1.29 is 9.18 Å². The van der Waals surface area contributed by atoms with E-state index in [1.54, 1.807) is 13.0 Å². The molecule has 1 aromatic carbocycles. The van der Waals surface area contributed by atoms with Crippen molar-refractivity contribution in [2.24, 2.45) is 5.92 Å². The molecule has 1 unspecified atom stereocenters. The van der Waals surface area contributed by atoms with E-state index in [9.17, 15) is 14.0 Å². The maximum Gasteiger partial charge on any atom is 0.253 e. The molecule has 1 fully saturated rings. The SMILES string of the molecule is Cc1[nH]c(=O)c(CNC(=O)c2cc(Cl)cc(NC(C)C3CCC(N(C)C)CC3)c2C)c(C)c1F. The van der Waals surface area contributed by atoms with Crippen molar-refractivity contribution in [3.05, 3.63) is 61.3 Å². The predicted molar refractivity (Wildman–Crippen MR) is 136 cm³/mol. The first-order valence-corrected chi connectivity index (χ1v) is 12.3. The molecule has 1 atom stereocenters. The molecule has 0 saturated heterocycles. The summed E-state index contributed by atoms with van der Waals surface area (Å²) in [5.74, 6) is -0.275. The average molecular weight is 491 g/mol. The van der Waals surface area contributed by atoms with Crippen molar-refractivity contribution in [1.82, 2.24) is 15.2 Å². The van der Waals surface area contributed by atoms with Crippen molar-refractivity contribution in [1.29, 1.82) is 0 Å². The summed E-state index contributed by atoms with van der Waals surface area (Å²) in [6.45, 7) is 7.04. The lowest BCUT2D eigenvalue weighted by molar-refractivity contribution is 0.0950. The van der Waals surface area contributed by atoms with E-state index in [2.05, 4.69) is 41.5 Å². The minimum atomic E-state index is -0.470.